The Morgan fingerprint density at radius 2 is 1.74 bits per heavy atom. The second-order valence-electron chi connectivity index (χ2n) is 11.6. The number of carbonyl (C=O) groups is 3. The van der Waals surface area contributed by atoms with Crippen molar-refractivity contribution in [3.63, 3.8) is 0 Å². The van der Waals surface area contributed by atoms with Gasteiger partial charge >= 0.3 is 12.1 Å². The van der Waals surface area contributed by atoms with Gasteiger partial charge in [-0.25, -0.2) is 23.9 Å². The fourth-order valence-corrected chi connectivity index (χ4v) is 6.56. The maximum Gasteiger partial charge on any atom is 0.403 e. The number of aromatic nitrogens is 1. The fourth-order valence-electron chi connectivity index (χ4n) is 6.56. The molecule has 6 rings (SSSR count). The molecule has 2 aliphatic carbocycles. The van der Waals surface area contributed by atoms with E-state index in [1.807, 2.05) is 12.1 Å². The second kappa shape index (κ2) is 10.1. The van der Waals surface area contributed by atoms with Gasteiger partial charge in [-0.3, -0.25) is 9.59 Å². The van der Waals surface area contributed by atoms with Crippen LogP contribution in [-0.2, 0) is 32.6 Å². The van der Waals surface area contributed by atoms with Gasteiger partial charge in [-0.1, -0.05) is 12.5 Å². The van der Waals surface area contributed by atoms with Crippen LogP contribution in [0.5, 0.6) is 0 Å². The van der Waals surface area contributed by atoms with E-state index >= 15 is 0 Å². The summed E-state index contributed by atoms with van der Waals surface area (Å²) < 4.78 is 70.4. The minimum atomic E-state index is -4.86. The van der Waals surface area contributed by atoms with E-state index in [0.29, 0.717) is 30.4 Å². The predicted molar refractivity (Wildman–Crippen MR) is 145 cm³/mol. The summed E-state index contributed by atoms with van der Waals surface area (Å²) in [6.45, 7) is 0.557. The molecule has 1 fully saturated rings. The van der Waals surface area contributed by atoms with Crippen LogP contribution in [0, 0.1) is 17.0 Å². The molecular weight excluding hydrogens is 571 g/mol. The minimum Gasteiger partial charge on any atom is -0.326 e. The van der Waals surface area contributed by atoms with E-state index in [9.17, 15) is 36.3 Å². The smallest absolute Gasteiger partial charge is 0.326 e. The number of nitrogens with zero attached hydrogens (tertiary/aromatic N) is 1. The molecule has 1 aromatic heterocycles. The number of carbonyl (C=O) groups excluding carboxylic acids is 3. The predicted octanol–water partition coefficient (Wildman–Crippen LogP) is 5.03. The molecular formula is C31H28F5N4O3+. The van der Waals surface area contributed by atoms with Crippen LogP contribution in [-0.4, -0.2) is 35.3 Å². The summed E-state index contributed by atoms with van der Waals surface area (Å²) >= 11 is 0. The molecule has 3 N–H and O–H groups in total. The van der Waals surface area contributed by atoms with Crippen molar-refractivity contribution in [2.75, 3.05) is 17.2 Å². The van der Waals surface area contributed by atoms with Crippen molar-refractivity contribution in [2.45, 2.75) is 56.7 Å². The van der Waals surface area contributed by atoms with Gasteiger partial charge < -0.3 is 10.2 Å². The molecule has 3 amide bonds. The van der Waals surface area contributed by atoms with E-state index < -0.39 is 65.9 Å². The highest BCUT2D eigenvalue weighted by atomic mass is 19.4. The summed E-state index contributed by atoms with van der Waals surface area (Å²) in [7, 11) is 0. The molecule has 3 aliphatic rings. The van der Waals surface area contributed by atoms with Gasteiger partial charge in [0.2, 0.25) is 11.8 Å². The van der Waals surface area contributed by atoms with Gasteiger partial charge in [0, 0.05) is 11.8 Å². The average Bonchev–Trinajstić information content (AvgIpc) is 3.41. The number of alkyl halides is 3. The minimum absolute atomic E-state index is 0.0782. The number of pyridine rings is 1. The number of hydrogen-bond donors (Lipinski definition) is 2. The number of rotatable bonds is 6. The number of nitrogens with one attached hydrogen (secondary N) is 3. The number of amides is 3. The van der Waals surface area contributed by atoms with Gasteiger partial charge in [0.1, 0.15) is 29.0 Å². The molecule has 0 bridgehead atoms. The van der Waals surface area contributed by atoms with Crippen molar-refractivity contribution in [3.05, 3.63) is 88.6 Å². The summed E-state index contributed by atoms with van der Waals surface area (Å²) in [5.74, 6) is -3.51. The van der Waals surface area contributed by atoms with Gasteiger partial charge in [0.15, 0.2) is 0 Å². The lowest BCUT2D eigenvalue weighted by Crippen LogP contribution is -2.57. The summed E-state index contributed by atoms with van der Waals surface area (Å²) in [6, 6.07) is 10.0. The van der Waals surface area contributed by atoms with Crippen LogP contribution in [0.3, 0.4) is 0 Å². The number of benzene rings is 2. The Hall–Kier alpha value is -4.35. The van der Waals surface area contributed by atoms with E-state index in [0.717, 1.165) is 33.7 Å². The lowest BCUT2D eigenvalue weighted by atomic mass is 9.67. The highest BCUT2D eigenvalue weighted by Gasteiger charge is 2.65. The maximum atomic E-state index is 14.1. The summed E-state index contributed by atoms with van der Waals surface area (Å²) in [5, 5.41) is 5.53. The number of aromatic amines is 1. The molecule has 1 saturated carbocycles. The maximum absolute atomic E-state index is 14.1. The first-order valence-corrected chi connectivity index (χ1v) is 13.9. The van der Waals surface area contributed by atoms with Crippen molar-refractivity contribution < 1.29 is 41.3 Å². The quantitative estimate of drug-likeness (QED) is 0.390. The molecule has 7 nitrogen and oxygen atoms in total. The Labute approximate surface area is 243 Å². The highest BCUT2D eigenvalue weighted by molar-refractivity contribution is 6.05. The fraction of sp³-hybridized carbons (Fsp3) is 0.355. The zero-order chi connectivity index (χ0) is 30.7. The standard InChI is InChI=1S/C31H27F5N4O3/c1-17(19-10-21(32)13-22(33)11-19)40(28(43)30(7-3-8-30)31(34,35)36)16-25(41)38-23-6-5-18-14-29(15-20(18)12-23)24-4-2-9-37-26(24)39-27(29)42/h2,4-6,9-13,17H,3,7-8,14-16H2,1H3,(H,38,41)(H,37,39,42)/p+1/t17-,29-/m1/s1. The SMILES string of the molecule is C[C@H](c1cc(F)cc(F)c1)N(CC(=O)Nc1ccc2c(c1)C[C@@]1(C2)C(=O)Nc2[nH+]cccc21)C(=O)C1(C(F)(F)F)CCC1. The third kappa shape index (κ3) is 4.72. The van der Waals surface area contributed by atoms with Crippen LogP contribution in [0.15, 0.2) is 54.7 Å². The molecule has 2 atom stereocenters. The molecule has 224 valence electrons. The number of halogens is 5. The second-order valence-corrected chi connectivity index (χ2v) is 11.6. The first kappa shape index (κ1) is 28.8. The first-order chi connectivity index (χ1) is 20.3. The van der Waals surface area contributed by atoms with Crippen molar-refractivity contribution in [1.29, 1.82) is 0 Å². The number of fused-ring (bicyclic) bond motifs is 3. The normalized spacial score (nSPS) is 20.6. The van der Waals surface area contributed by atoms with Gasteiger partial charge in [0.25, 0.3) is 5.82 Å². The Kier molecular flexibility index (Phi) is 6.78. The monoisotopic (exact) mass is 599 g/mol. The van der Waals surface area contributed by atoms with Gasteiger partial charge in [0.05, 0.1) is 17.8 Å². The topological polar surface area (TPSA) is 92.7 Å². The van der Waals surface area contributed by atoms with Gasteiger partial charge in [-0.2, -0.15) is 13.2 Å². The average molecular weight is 600 g/mol. The Balaban J connectivity index is 1.25. The molecule has 0 radical (unpaired) electrons. The van der Waals surface area contributed by atoms with Crippen LogP contribution < -0.4 is 15.6 Å². The molecule has 1 aliphatic heterocycles. The molecule has 3 aromatic rings. The molecule has 43 heavy (non-hydrogen) atoms. The van der Waals surface area contributed by atoms with Crippen LogP contribution in [0.2, 0.25) is 0 Å². The zero-order valence-corrected chi connectivity index (χ0v) is 23.1. The number of hydrogen-bond acceptors (Lipinski definition) is 3. The number of H-pyrrole nitrogens is 1. The van der Waals surface area contributed by atoms with Crippen molar-refractivity contribution in [3.8, 4) is 0 Å². The molecule has 2 aromatic carbocycles. The zero-order valence-electron chi connectivity index (χ0n) is 23.1. The molecule has 0 unspecified atom stereocenters. The highest BCUT2D eigenvalue weighted by Crippen LogP contribution is 2.55. The third-order valence-corrected chi connectivity index (χ3v) is 9.09. The largest absolute Gasteiger partial charge is 0.403 e. The van der Waals surface area contributed by atoms with E-state index in [1.165, 1.54) is 6.92 Å². The first-order valence-electron chi connectivity index (χ1n) is 13.9. The summed E-state index contributed by atoms with van der Waals surface area (Å²) in [6.07, 6.45) is -2.99. The van der Waals surface area contributed by atoms with E-state index in [4.69, 9.17) is 0 Å². The third-order valence-electron chi connectivity index (χ3n) is 9.09. The number of anilines is 2. The van der Waals surface area contributed by atoms with Crippen molar-refractivity contribution in [1.82, 2.24) is 4.90 Å². The molecule has 2 heterocycles. The summed E-state index contributed by atoms with van der Waals surface area (Å²) in [4.78, 5) is 43.5. The van der Waals surface area contributed by atoms with Crippen LogP contribution in [0.1, 0.15) is 54.5 Å². The van der Waals surface area contributed by atoms with Crippen molar-refractivity contribution >= 4 is 29.2 Å². The molecule has 0 saturated heterocycles. The van der Waals surface area contributed by atoms with E-state index in [2.05, 4.69) is 15.6 Å². The van der Waals surface area contributed by atoms with Crippen LogP contribution >= 0.6 is 0 Å². The van der Waals surface area contributed by atoms with Crippen LogP contribution in [0.25, 0.3) is 0 Å². The van der Waals surface area contributed by atoms with Gasteiger partial charge in [-0.15, -0.1) is 0 Å². The Bertz CT molecular complexity index is 1630. The molecule has 12 heteroatoms. The lowest BCUT2D eigenvalue weighted by Gasteiger charge is -2.45. The van der Waals surface area contributed by atoms with Gasteiger partial charge in [-0.05, 0) is 85.7 Å². The van der Waals surface area contributed by atoms with Crippen molar-refractivity contribution in [2.24, 2.45) is 5.41 Å². The van der Waals surface area contributed by atoms with E-state index in [1.54, 1.807) is 24.4 Å². The Morgan fingerprint density at radius 1 is 1.05 bits per heavy atom. The Morgan fingerprint density at radius 3 is 2.40 bits per heavy atom. The summed E-state index contributed by atoms with van der Waals surface area (Å²) in [5.41, 5.74) is -0.618. The lowest BCUT2D eigenvalue weighted by molar-refractivity contribution is -0.360. The van der Waals surface area contributed by atoms with E-state index in [-0.39, 0.29) is 17.9 Å². The van der Waals surface area contributed by atoms with Crippen LogP contribution in [0.4, 0.5) is 33.5 Å². The molecule has 1 spiro atoms.